The molecule has 1 aliphatic rings. The van der Waals surface area contributed by atoms with Crippen molar-refractivity contribution in [3.8, 4) is 5.75 Å². The molecule has 1 aromatic carbocycles. The van der Waals surface area contributed by atoms with E-state index in [1.165, 1.54) is 10.4 Å². The zero-order valence-corrected chi connectivity index (χ0v) is 13.4. The van der Waals surface area contributed by atoms with Gasteiger partial charge in [-0.2, -0.15) is 4.31 Å². The highest BCUT2D eigenvalue weighted by Crippen LogP contribution is 2.27. The lowest BCUT2D eigenvalue weighted by molar-refractivity contribution is -0.138. The van der Waals surface area contributed by atoms with Gasteiger partial charge in [-0.1, -0.05) is 6.07 Å². The zero-order chi connectivity index (χ0) is 16.2. The van der Waals surface area contributed by atoms with Gasteiger partial charge in [0.15, 0.2) is 0 Å². The summed E-state index contributed by atoms with van der Waals surface area (Å²) in [6.45, 7) is 3.04. The molecule has 0 saturated carbocycles. The van der Waals surface area contributed by atoms with Crippen molar-refractivity contribution in [1.82, 2.24) is 4.31 Å². The van der Waals surface area contributed by atoms with Gasteiger partial charge in [0.25, 0.3) is 0 Å². The topological polar surface area (TPSA) is 83.9 Å². The highest BCUT2D eigenvalue weighted by atomic mass is 32.2. The molecule has 0 spiro atoms. The van der Waals surface area contributed by atoms with Crippen LogP contribution in [0.5, 0.6) is 5.75 Å². The summed E-state index contributed by atoms with van der Waals surface area (Å²) in [6, 6.07) is 6.47. The zero-order valence-electron chi connectivity index (χ0n) is 12.6. The van der Waals surface area contributed by atoms with E-state index in [-0.39, 0.29) is 17.2 Å². The quantitative estimate of drug-likeness (QED) is 0.863. The minimum absolute atomic E-state index is 0.0544. The maximum atomic E-state index is 12.6. The molecule has 1 saturated heterocycles. The SMILES string of the molecule is CCOc1cccc(S(=O)(=O)N2CCC(CC(=O)O)CC2)c1. The van der Waals surface area contributed by atoms with Crippen LogP contribution in [0.15, 0.2) is 29.2 Å². The molecule has 0 unspecified atom stereocenters. The molecule has 1 aromatic rings. The lowest BCUT2D eigenvalue weighted by Gasteiger charge is -2.30. The molecular weight excluding hydrogens is 306 g/mol. The van der Waals surface area contributed by atoms with E-state index in [4.69, 9.17) is 9.84 Å². The number of carboxylic acid groups (broad SMARTS) is 1. The fraction of sp³-hybridized carbons (Fsp3) is 0.533. The number of piperidine rings is 1. The van der Waals surface area contributed by atoms with Crippen LogP contribution in [0.1, 0.15) is 26.2 Å². The molecule has 1 heterocycles. The van der Waals surface area contributed by atoms with Crippen LogP contribution in [-0.2, 0) is 14.8 Å². The van der Waals surface area contributed by atoms with Gasteiger partial charge in [-0.25, -0.2) is 8.42 Å². The molecule has 0 radical (unpaired) electrons. The van der Waals surface area contributed by atoms with Gasteiger partial charge in [-0.15, -0.1) is 0 Å². The van der Waals surface area contributed by atoms with E-state index in [0.29, 0.717) is 38.3 Å². The number of hydrogen-bond donors (Lipinski definition) is 1. The molecule has 1 aliphatic heterocycles. The summed E-state index contributed by atoms with van der Waals surface area (Å²) >= 11 is 0. The number of carboxylic acids is 1. The van der Waals surface area contributed by atoms with Crippen molar-refractivity contribution in [2.24, 2.45) is 5.92 Å². The number of carbonyl (C=O) groups is 1. The molecule has 2 rings (SSSR count). The Morgan fingerprint density at radius 2 is 2.05 bits per heavy atom. The van der Waals surface area contributed by atoms with Gasteiger partial charge >= 0.3 is 5.97 Å². The van der Waals surface area contributed by atoms with Crippen LogP contribution in [0.3, 0.4) is 0 Å². The van der Waals surface area contributed by atoms with Gasteiger partial charge < -0.3 is 9.84 Å². The van der Waals surface area contributed by atoms with Gasteiger partial charge in [-0.05, 0) is 37.8 Å². The van der Waals surface area contributed by atoms with E-state index in [9.17, 15) is 13.2 Å². The maximum absolute atomic E-state index is 12.6. The Bertz CT molecular complexity index is 621. The Morgan fingerprint density at radius 1 is 1.36 bits per heavy atom. The molecule has 122 valence electrons. The van der Waals surface area contributed by atoms with Crippen molar-refractivity contribution in [2.75, 3.05) is 19.7 Å². The Morgan fingerprint density at radius 3 is 2.64 bits per heavy atom. The van der Waals surface area contributed by atoms with Crippen LogP contribution in [0.2, 0.25) is 0 Å². The molecule has 1 N–H and O–H groups in total. The van der Waals surface area contributed by atoms with Gasteiger partial charge in [0.1, 0.15) is 5.75 Å². The maximum Gasteiger partial charge on any atom is 0.303 e. The smallest absolute Gasteiger partial charge is 0.303 e. The van der Waals surface area contributed by atoms with Gasteiger partial charge in [0, 0.05) is 25.6 Å². The molecule has 0 aromatic heterocycles. The summed E-state index contributed by atoms with van der Waals surface area (Å²) < 4.78 is 32.0. The molecule has 0 aliphatic carbocycles. The molecule has 0 bridgehead atoms. The number of benzene rings is 1. The third kappa shape index (κ3) is 3.98. The summed E-state index contributed by atoms with van der Waals surface area (Å²) in [7, 11) is -3.55. The average molecular weight is 327 g/mol. The minimum Gasteiger partial charge on any atom is -0.494 e. The number of nitrogens with zero attached hydrogens (tertiary/aromatic N) is 1. The van der Waals surface area contributed by atoms with Crippen LogP contribution in [0.25, 0.3) is 0 Å². The van der Waals surface area contributed by atoms with Crippen molar-refractivity contribution in [1.29, 1.82) is 0 Å². The van der Waals surface area contributed by atoms with Crippen LogP contribution in [0, 0.1) is 5.92 Å². The number of sulfonamides is 1. The third-order valence-corrected chi connectivity index (χ3v) is 5.69. The lowest BCUT2D eigenvalue weighted by Crippen LogP contribution is -2.38. The Balaban J connectivity index is 2.08. The first-order chi connectivity index (χ1) is 10.4. The van der Waals surface area contributed by atoms with E-state index in [2.05, 4.69) is 0 Å². The van der Waals surface area contributed by atoms with Crippen LogP contribution >= 0.6 is 0 Å². The number of hydrogen-bond acceptors (Lipinski definition) is 4. The Labute approximate surface area is 130 Å². The first kappa shape index (κ1) is 16.8. The van der Waals surface area contributed by atoms with Gasteiger partial charge in [0.2, 0.25) is 10.0 Å². The Hall–Kier alpha value is -1.60. The summed E-state index contributed by atoms with van der Waals surface area (Å²) in [5.74, 6) is -0.242. The molecule has 0 amide bonds. The summed E-state index contributed by atoms with van der Waals surface area (Å²) in [4.78, 5) is 10.9. The van der Waals surface area contributed by atoms with Gasteiger partial charge in [-0.3, -0.25) is 4.79 Å². The average Bonchev–Trinajstić information content (AvgIpc) is 2.48. The monoisotopic (exact) mass is 327 g/mol. The predicted molar refractivity (Wildman–Crippen MR) is 81.3 cm³/mol. The lowest BCUT2D eigenvalue weighted by atomic mass is 9.95. The molecule has 1 fully saturated rings. The van der Waals surface area contributed by atoms with Crippen LogP contribution < -0.4 is 4.74 Å². The molecule has 6 nitrogen and oxygen atoms in total. The van der Waals surface area contributed by atoms with Crippen molar-refractivity contribution in [2.45, 2.75) is 31.1 Å². The minimum atomic E-state index is -3.55. The molecule has 7 heteroatoms. The van der Waals surface area contributed by atoms with E-state index in [0.717, 1.165) is 0 Å². The summed E-state index contributed by atoms with van der Waals surface area (Å²) in [5, 5.41) is 8.80. The van der Waals surface area contributed by atoms with Crippen molar-refractivity contribution >= 4 is 16.0 Å². The summed E-state index contributed by atoms with van der Waals surface area (Å²) in [6.07, 6.45) is 1.26. The largest absolute Gasteiger partial charge is 0.494 e. The number of aliphatic carboxylic acids is 1. The van der Waals surface area contributed by atoms with Crippen LogP contribution in [0.4, 0.5) is 0 Å². The second kappa shape index (κ2) is 7.11. The summed E-state index contributed by atoms with van der Waals surface area (Å²) in [5.41, 5.74) is 0. The van der Waals surface area contributed by atoms with E-state index < -0.39 is 16.0 Å². The molecule has 22 heavy (non-hydrogen) atoms. The predicted octanol–water partition coefficient (Wildman–Crippen LogP) is 1.96. The van der Waals surface area contributed by atoms with E-state index in [1.54, 1.807) is 18.2 Å². The van der Waals surface area contributed by atoms with Crippen LogP contribution in [-0.4, -0.2) is 43.5 Å². The Kier molecular flexibility index (Phi) is 5.42. The number of ether oxygens (including phenoxy) is 1. The molecular formula is C15H21NO5S. The first-order valence-corrected chi connectivity index (χ1v) is 8.82. The third-order valence-electron chi connectivity index (χ3n) is 3.79. The van der Waals surface area contributed by atoms with Gasteiger partial charge in [0.05, 0.1) is 11.5 Å². The second-order valence-corrected chi connectivity index (χ2v) is 7.29. The van der Waals surface area contributed by atoms with E-state index >= 15 is 0 Å². The molecule has 0 atom stereocenters. The normalized spacial score (nSPS) is 17.3. The fourth-order valence-electron chi connectivity index (χ4n) is 2.64. The first-order valence-electron chi connectivity index (χ1n) is 7.38. The fourth-order valence-corrected chi connectivity index (χ4v) is 4.15. The highest BCUT2D eigenvalue weighted by molar-refractivity contribution is 7.89. The van der Waals surface area contributed by atoms with Crippen molar-refractivity contribution in [3.63, 3.8) is 0 Å². The highest BCUT2D eigenvalue weighted by Gasteiger charge is 2.30. The number of rotatable bonds is 6. The van der Waals surface area contributed by atoms with Crippen molar-refractivity contribution in [3.05, 3.63) is 24.3 Å². The second-order valence-electron chi connectivity index (χ2n) is 5.35. The van der Waals surface area contributed by atoms with E-state index in [1.807, 2.05) is 6.92 Å². The van der Waals surface area contributed by atoms with Crippen molar-refractivity contribution < 1.29 is 23.1 Å². The standard InChI is InChI=1S/C15H21NO5S/c1-2-21-13-4-3-5-14(11-13)22(19,20)16-8-6-12(7-9-16)10-15(17)18/h3-5,11-12H,2,6-10H2,1H3,(H,17,18).